The summed E-state index contributed by atoms with van der Waals surface area (Å²) in [6, 6.07) is 5.49. The van der Waals surface area contributed by atoms with Crippen LogP contribution in [0.15, 0.2) is 29.6 Å². The van der Waals surface area contributed by atoms with Gasteiger partial charge < -0.3 is 10.3 Å². The maximum atomic E-state index is 12.5. The standard InChI is InChI=1S/C12H17N5O2S/c1-9-5-4-6-10(15-9)7-17(3)20(18,19)12-11(13)14-8-16(12)2/h4-6,8H,7,13H2,1-3H3. The van der Waals surface area contributed by atoms with Crippen LogP contribution in [0.25, 0.3) is 0 Å². The van der Waals surface area contributed by atoms with Gasteiger partial charge in [-0.25, -0.2) is 13.4 Å². The van der Waals surface area contributed by atoms with Gasteiger partial charge in [0, 0.05) is 19.8 Å². The maximum absolute atomic E-state index is 12.5. The minimum Gasteiger partial charge on any atom is -0.381 e. The van der Waals surface area contributed by atoms with Gasteiger partial charge in [-0.1, -0.05) is 6.07 Å². The smallest absolute Gasteiger partial charge is 0.262 e. The first-order valence-corrected chi connectivity index (χ1v) is 7.42. The Bertz CT molecular complexity index is 704. The van der Waals surface area contributed by atoms with Crippen LogP contribution >= 0.6 is 0 Å². The lowest BCUT2D eigenvalue weighted by Gasteiger charge is -2.17. The second kappa shape index (κ2) is 5.22. The number of hydrogen-bond acceptors (Lipinski definition) is 5. The second-order valence-corrected chi connectivity index (χ2v) is 6.54. The van der Waals surface area contributed by atoms with Gasteiger partial charge in [-0.05, 0) is 19.1 Å². The first-order chi connectivity index (χ1) is 9.32. The fourth-order valence-corrected chi connectivity index (χ4v) is 3.23. The molecule has 0 spiro atoms. The number of sulfonamides is 1. The highest BCUT2D eigenvalue weighted by molar-refractivity contribution is 7.89. The van der Waals surface area contributed by atoms with E-state index in [0.29, 0.717) is 5.69 Å². The summed E-state index contributed by atoms with van der Waals surface area (Å²) in [5.74, 6) is -0.00319. The number of imidazole rings is 1. The number of nitrogen functional groups attached to an aromatic ring is 1. The summed E-state index contributed by atoms with van der Waals surface area (Å²) in [5, 5.41) is -0.00680. The summed E-state index contributed by atoms with van der Waals surface area (Å²) < 4.78 is 27.6. The van der Waals surface area contributed by atoms with Crippen molar-refractivity contribution in [3.63, 3.8) is 0 Å². The molecule has 2 rings (SSSR count). The molecule has 7 nitrogen and oxygen atoms in total. The van der Waals surface area contributed by atoms with Crippen molar-refractivity contribution >= 4 is 15.8 Å². The molecule has 0 saturated heterocycles. The Balaban J connectivity index is 2.31. The number of aryl methyl sites for hydroxylation is 2. The fourth-order valence-electron chi connectivity index (χ4n) is 1.90. The van der Waals surface area contributed by atoms with Crippen molar-refractivity contribution in [1.82, 2.24) is 18.8 Å². The Morgan fingerprint density at radius 3 is 2.65 bits per heavy atom. The summed E-state index contributed by atoms with van der Waals surface area (Å²) in [6.07, 6.45) is 1.38. The number of anilines is 1. The highest BCUT2D eigenvalue weighted by atomic mass is 32.2. The van der Waals surface area contributed by atoms with Crippen LogP contribution in [0.1, 0.15) is 11.4 Å². The predicted octanol–water partition coefficient (Wildman–Crippen LogP) is 0.526. The summed E-state index contributed by atoms with van der Waals surface area (Å²) in [4.78, 5) is 8.10. The first kappa shape index (κ1) is 14.5. The zero-order valence-corrected chi connectivity index (χ0v) is 12.4. The fraction of sp³-hybridized carbons (Fsp3) is 0.333. The Kier molecular flexibility index (Phi) is 3.78. The lowest BCUT2D eigenvalue weighted by molar-refractivity contribution is 0.456. The minimum atomic E-state index is -3.70. The average Bonchev–Trinajstić information content (AvgIpc) is 2.69. The normalized spacial score (nSPS) is 12.0. The van der Waals surface area contributed by atoms with Crippen molar-refractivity contribution in [3.05, 3.63) is 35.9 Å². The number of aromatic nitrogens is 3. The first-order valence-electron chi connectivity index (χ1n) is 5.98. The third-order valence-electron chi connectivity index (χ3n) is 2.89. The second-order valence-electron chi connectivity index (χ2n) is 4.58. The van der Waals surface area contributed by atoms with Gasteiger partial charge in [0.15, 0.2) is 10.8 Å². The van der Waals surface area contributed by atoms with E-state index in [-0.39, 0.29) is 17.4 Å². The molecule has 0 aliphatic rings. The van der Waals surface area contributed by atoms with E-state index in [1.165, 1.54) is 22.2 Å². The van der Waals surface area contributed by atoms with Crippen molar-refractivity contribution in [1.29, 1.82) is 0 Å². The maximum Gasteiger partial charge on any atom is 0.262 e. The molecule has 0 radical (unpaired) electrons. The van der Waals surface area contributed by atoms with Crippen LogP contribution in [0.3, 0.4) is 0 Å². The number of nitrogens with two attached hydrogens (primary N) is 1. The van der Waals surface area contributed by atoms with Gasteiger partial charge >= 0.3 is 0 Å². The summed E-state index contributed by atoms with van der Waals surface area (Å²) in [5.41, 5.74) is 7.15. The van der Waals surface area contributed by atoms with E-state index in [4.69, 9.17) is 5.73 Å². The van der Waals surface area contributed by atoms with E-state index in [1.54, 1.807) is 13.1 Å². The average molecular weight is 295 g/mol. The van der Waals surface area contributed by atoms with Crippen LogP contribution in [0.2, 0.25) is 0 Å². The largest absolute Gasteiger partial charge is 0.381 e. The van der Waals surface area contributed by atoms with Crippen molar-refractivity contribution in [2.24, 2.45) is 7.05 Å². The van der Waals surface area contributed by atoms with Crippen LogP contribution < -0.4 is 5.73 Å². The van der Waals surface area contributed by atoms with Gasteiger partial charge in [0.25, 0.3) is 10.0 Å². The monoisotopic (exact) mass is 295 g/mol. The van der Waals surface area contributed by atoms with Crippen molar-refractivity contribution in [3.8, 4) is 0 Å². The summed E-state index contributed by atoms with van der Waals surface area (Å²) in [6.45, 7) is 2.03. The molecular formula is C12H17N5O2S. The molecule has 0 aromatic carbocycles. The highest BCUT2D eigenvalue weighted by Crippen LogP contribution is 2.20. The SMILES string of the molecule is Cc1cccc(CN(C)S(=O)(=O)c2c(N)ncn2C)n1. The Labute approximate surface area is 118 Å². The molecule has 0 aliphatic carbocycles. The van der Waals surface area contributed by atoms with E-state index in [1.807, 2.05) is 19.1 Å². The van der Waals surface area contributed by atoms with Crippen LogP contribution in [-0.2, 0) is 23.6 Å². The molecule has 2 N–H and O–H groups in total. The molecule has 0 unspecified atom stereocenters. The molecule has 0 atom stereocenters. The van der Waals surface area contributed by atoms with E-state index in [0.717, 1.165) is 5.69 Å². The van der Waals surface area contributed by atoms with E-state index in [9.17, 15) is 8.42 Å². The zero-order valence-electron chi connectivity index (χ0n) is 11.6. The van der Waals surface area contributed by atoms with Gasteiger partial charge in [-0.3, -0.25) is 4.98 Å². The van der Waals surface area contributed by atoms with Crippen LogP contribution in [0.4, 0.5) is 5.82 Å². The van der Waals surface area contributed by atoms with Crippen LogP contribution in [0, 0.1) is 6.92 Å². The predicted molar refractivity (Wildman–Crippen MR) is 75.2 cm³/mol. The molecule has 0 fully saturated rings. The number of pyridine rings is 1. The molecule has 8 heteroatoms. The minimum absolute atomic E-state index is 0.00319. The summed E-state index contributed by atoms with van der Waals surface area (Å²) >= 11 is 0. The van der Waals surface area contributed by atoms with Gasteiger partial charge in [0.1, 0.15) is 0 Å². The Hall–Kier alpha value is -1.93. The Morgan fingerprint density at radius 2 is 2.10 bits per heavy atom. The molecule has 0 saturated carbocycles. The van der Waals surface area contributed by atoms with Gasteiger partial charge in [-0.2, -0.15) is 4.31 Å². The van der Waals surface area contributed by atoms with Gasteiger partial charge in [0.2, 0.25) is 0 Å². The molecular weight excluding hydrogens is 278 g/mol. The van der Waals surface area contributed by atoms with Crippen molar-refractivity contribution < 1.29 is 8.42 Å². The summed E-state index contributed by atoms with van der Waals surface area (Å²) in [7, 11) is -0.615. The van der Waals surface area contributed by atoms with E-state index < -0.39 is 10.0 Å². The zero-order chi connectivity index (χ0) is 14.9. The highest BCUT2D eigenvalue weighted by Gasteiger charge is 2.27. The molecule has 2 aromatic rings. The molecule has 2 heterocycles. The van der Waals surface area contributed by atoms with Gasteiger partial charge in [-0.15, -0.1) is 0 Å². The molecule has 2 aromatic heterocycles. The van der Waals surface area contributed by atoms with E-state index in [2.05, 4.69) is 9.97 Å². The third kappa shape index (κ3) is 2.66. The van der Waals surface area contributed by atoms with Crippen molar-refractivity contribution in [2.45, 2.75) is 18.5 Å². The third-order valence-corrected chi connectivity index (χ3v) is 4.83. The van der Waals surface area contributed by atoms with Crippen LogP contribution in [-0.4, -0.2) is 34.3 Å². The van der Waals surface area contributed by atoms with Gasteiger partial charge in [0.05, 0.1) is 18.6 Å². The molecule has 0 bridgehead atoms. The molecule has 20 heavy (non-hydrogen) atoms. The molecule has 0 aliphatic heterocycles. The number of rotatable bonds is 4. The molecule has 0 amide bonds. The number of nitrogens with zero attached hydrogens (tertiary/aromatic N) is 4. The Morgan fingerprint density at radius 1 is 1.40 bits per heavy atom. The van der Waals surface area contributed by atoms with Crippen molar-refractivity contribution in [2.75, 3.05) is 12.8 Å². The number of hydrogen-bond donors (Lipinski definition) is 1. The topological polar surface area (TPSA) is 94.1 Å². The lowest BCUT2D eigenvalue weighted by atomic mass is 10.3. The van der Waals surface area contributed by atoms with E-state index >= 15 is 0 Å². The quantitative estimate of drug-likeness (QED) is 0.887. The molecule has 108 valence electrons. The lowest BCUT2D eigenvalue weighted by Crippen LogP contribution is -2.29. The van der Waals surface area contributed by atoms with Crippen LogP contribution in [0.5, 0.6) is 0 Å².